The number of carbonyl (C=O) groups is 2. The van der Waals surface area contributed by atoms with Crippen LogP contribution in [0.25, 0.3) is 0 Å². The lowest BCUT2D eigenvalue weighted by Crippen LogP contribution is -2.52. The molecular formula is C24H34N2O4. The van der Waals surface area contributed by atoms with Crippen LogP contribution in [-0.4, -0.2) is 67.3 Å². The van der Waals surface area contributed by atoms with Gasteiger partial charge in [0.05, 0.1) is 6.04 Å². The summed E-state index contributed by atoms with van der Waals surface area (Å²) in [4.78, 5) is 30.1. The van der Waals surface area contributed by atoms with Crippen molar-refractivity contribution in [2.75, 3.05) is 27.3 Å². The Balaban J connectivity index is 1.34. The van der Waals surface area contributed by atoms with Gasteiger partial charge in [-0.1, -0.05) is 24.3 Å². The minimum absolute atomic E-state index is 0.0655. The highest BCUT2D eigenvalue weighted by Crippen LogP contribution is 2.31. The maximum absolute atomic E-state index is 13.3. The molecule has 0 saturated carbocycles. The first-order chi connectivity index (χ1) is 14.6. The zero-order chi connectivity index (χ0) is 21.1. The van der Waals surface area contributed by atoms with Crippen LogP contribution in [0.15, 0.2) is 24.3 Å². The van der Waals surface area contributed by atoms with Gasteiger partial charge in [0, 0.05) is 33.7 Å². The summed E-state index contributed by atoms with van der Waals surface area (Å²) in [6, 6.07) is 8.19. The van der Waals surface area contributed by atoms with E-state index in [0.29, 0.717) is 25.4 Å². The van der Waals surface area contributed by atoms with Crippen LogP contribution in [0.3, 0.4) is 0 Å². The van der Waals surface area contributed by atoms with E-state index in [9.17, 15) is 9.59 Å². The van der Waals surface area contributed by atoms with Gasteiger partial charge in [0.1, 0.15) is 6.04 Å². The second-order valence-corrected chi connectivity index (χ2v) is 8.91. The predicted octanol–water partition coefficient (Wildman–Crippen LogP) is 2.78. The van der Waals surface area contributed by atoms with Gasteiger partial charge in [-0.2, -0.15) is 0 Å². The number of amides is 2. The first-order valence-electron chi connectivity index (χ1n) is 11.3. The molecule has 2 atom stereocenters. The molecule has 0 radical (unpaired) electrons. The molecule has 2 fully saturated rings. The van der Waals surface area contributed by atoms with E-state index >= 15 is 0 Å². The van der Waals surface area contributed by atoms with Gasteiger partial charge in [-0.25, -0.2) is 0 Å². The van der Waals surface area contributed by atoms with Crippen molar-refractivity contribution in [1.82, 2.24) is 9.80 Å². The molecule has 1 aromatic rings. The molecule has 0 spiro atoms. The molecule has 0 N–H and O–H groups in total. The summed E-state index contributed by atoms with van der Waals surface area (Å²) in [5.41, 5.74) is 2.85. The molecule has 0 bridgehead atoms. The molecule has 164 valence electrons. The van der Waals surface area contributed by atoms with Crippen molar-refractivity contribution in [3.63, 3.8) is 0 Å². The normalized spacial score (nSPS) is 24.1. The Hall–Kier alpha value is -1.92. The average Bonchev–Trinajstić information content (AvgIpc) is 3.51. The van der Waals surface area contributed by atoms with E-state index in [0.717, 1.165) is 44.9 Å². The molecule has 1 aliphatic carbocycles. The van der Waals surface area contributed by atoms with E-state index in [2.05, 4.69) is 24.3 Å². The fourth-order valence-electron chi connectivity index (χ4n) is 5.60. The van der Waals surface area contributed by atoms with E-state index in [1.54, 1.807) is 14.2 Å². The largest absolute Gasteiger partial charge is 0.354 e. The number of benzene rings is 1. The molecule has 2 saturated heterocycles. The van der Waals surface area contributed by atoms with Crippen molar-refractivity contribution in [2.45, 2.75) is 69.7 Å². The molecule has 2 heterocycles. The summed E-state index contributed by atoms with van der Waals surface area (Å²) < 4.78 is 10.9. The number of hydrogen-bond donors (Lipinski definition) is 0. The Morgan fingerprint density at radius 1 is 1.00 bits per heavy atom. The molecule has 3 aliphatic rings. The lowest BCUT2D eigenvalue weighted by molar-refractivity contribution is -0.161. The smallest absolute Gasteiger partial charge is 0.245 e. The number of ether oxygens (including phenoxy) is 2. The highest BCUT2D eigenvalue weighted by atomic mass is 16.7. The summed E-state index contributed by atoms with van der Waals surface area (Å²) >= 11 is 0. The monoisotopic (exact) mass is 414 g/mol. The summed E-state index contributed by atoms with van der Waals surface area (Å²) in [6.45, 7) is 1.40. The SMILES string of the molecule is COC(OC)C1CCCN1C(=O)[C@@H]1CCCN1C(=O)CCC1Cc2ccccc2C1. The molecule has 1 aromatic carbocycles. The maximum Gasteiger partial charge on any atom is 0.245 e. The van der Waals surface area contributed by atoms with Gasteiger partial charge in [-0.3, -0.25) is 9.59 Å². The molecule has 2 amide bonds. The summed E-state index contributed by atoms with van der Waals surface area (Å²) in [7, 11) is 3.23. The Kier molecular flexibility index (Phi) is 6.74. The number of rotatable bonds is 7. The van der Waals surface area contributed by atoms with Crippen molar-refractivity contribution in [1.29, 1.82) is 0 Å². The highest BCUT2D eigenvalue weighted by molar-refractivity contribution is 5.88. The van der Waals surface area contributed by atoms with E-state index in [4.69, 9.17) is 9.47 Å². The van der Waals surface area contributed by atoms with Crippen molar-refractivity contribution in [3.8, 4) is 0 Å². The molecule has 4 rings (SSSR count). The van der Waals surface area contributed by atoms with E-state index in [1.807, 2.05) is 9.80 Å². The van der Waals surface area contributed by atoms with Crippen molar-refractivity contribution in [3.05, 3.63) is 35.4 Å². The van der Waals surface area contributed by atoms with Crippen LogP contribution in [0.5, 0.6) is 0 Å². The quantitative estimate of drug-likeness (QED) is 0.644. The van der Waals surface area contributed by atoms with E-state index < -0.39 is 6.29 Å². The Morgan fingerprint density at radius 3 is 2.30 bits per heavy atom. The second-order valence-electron chi connectivity index (χ2n) is 8.91. The van der Waals surface area contributed by atoms with Crippen LogP contribution >= 0.6 is 0 Å². The first kappa shape index (κ1) is 21.3. The Morgan fingerprint density at radius 2 is 1.63 bits per heavy atom. The zero-order valence-electron chi connectivity index (χ0n) is 18.2. The first-order valence-corrected chi connectivity index (χ1v) is 11.3. The van der Waals surface area contributed by atoms with Crippen molar-refractivity contribution in [2.24, 2.45) is 5.92 Å². The minimum atomic E-state index is -0.411. The lowest BCUT2D eigenvalue weighted by Gasteiger charge is -2.34. The van der Waals surface area contributed by atoms with Gasteiger partial charge in [0.15, 0.2) is 6.29 Å². The molecule has 30 heavy (non-hydrogen) atoms. The van der Waals surface area contributed by atoms with Crippen LogP contribution in [0, 0.1) is 5.92 Å². The topological polar surface area (TPSA) is 59.1 Å². The van der Waals surface area contributed by atoms with Gasteiger partial charge in [0.25, 0.3) is 0 Å². The van der Waals surface area contributed by atoms with E-state index in [1.165, 1.54) is 11.1 Å². The van der Waals surface area contributed by atoms with Crippen LogP contribution in [0.1, 0.15) is 49.7 Å². The van der Waals surface area contributed by atoms with Crippen LogP contribution in [0.2, 0.25) is 0 Å². The summed E-state index contributed by atoms with van der Waals surface area (Å²) in [6.07, 6.45) is 6.63. The van der Waals surface area contributed by atoms with Crippen LogP contribution in [0.4, 0.5) is 0 Å². The fraction of sp³-hybridized carbons (Fsp3) is 0.667. The number of likely N-dealkylation sites (tertiary alicyclic amines) is 2. The third kappa shape index (κ3) is 4.26. The third-order valence-corrected chi connectivity index (χ3v) is 7.12. The molecule has 6 nitrogen and oxygen atoms in total. The van der Waals surface area contributed by atoms with Crippen LogP contribution < -0.4 is 0 Å². The van der Waals surface area contributed by atoms with Crippen LogP contribution in [-0.2, 0) is 31.9 Å². The predicted molar refractivity (Wildman–Crippen MR) is 114 cm³/mol. The molecule has 0 aromatic heterocycles. The number of methoxy groups -OCH3 is 2. The van der Waals surface area contributed by atoms with Gasteiger partial charge in [-0.15, -0.1) is 0 Å². The highest BCUT2D eigenvalue weighted by Gasteiger charge is 2.42. The fourth-order valence-corrected chi connectivity index (χ4v) is 5.60. The summed E-state index contributed by atoms with van der Waals surface area (Å²) in [5, 5.41) is 0. The molecule has 2 aliphatic heterocycles. The zero-order valence-corrected chi connectivity index (χ0v) is 18.2. The Labute approximate surface area is 179 Å². The third-order valence-electron chi connectivity index (χ3n) is 7.12. The second kappa shape index (κ2) is 9.48. The van der Waals surface area contributed by atoms with E-state index in [-0.39, 0.29) is 23.9 Å². The standard InChI is InChI=1S/C24H34N2O4/c1-29-24(30-2)21-10-6-14-26(21)23(28)20-9-5-13-25(20)22(27)12-11-17-15-18-7-3-4-8-19(18)16-17/h3-4,7-8,17,20-21,24H,5-6,9-16H2,1-2H3/t20-,21?/m0/s1. The van der Waals surface area contributed by atoms with Gasteiger partial charge in [0.2, 0.25) is 11.8 Å². The van der Waals surface area contributed by atoms with Gasteiger partial charge < -0.3 is 19.3 Å². The average molecular weight is 415 g/mol. The lowest BCUT2D eigenvalue weighted by atomic mass is 9.99. The minimum Gasteiger partial charge on any atom is -0.354 e. The number of carbonyl (C=O) groups excluding carboxylic acids is 2. The maximum atomic E-state index is 13.3. The van der Waals surface area contributed by atoms with Crippen molar-refractivity contribution < 1.29 is 19.1 Å². The number of nitrogens with zero attached hydrogens (tertiary/aromatic N) is 2. The molecule has 6 heteroatoms. The van der Waals surface area contributed by atoms with Gasteiger partial charge >= 0.3 is 0 Å². The molecule has 1 unspecified atom stereocenters. The summed E-state index contributed by atoms with van der Waals surface area (Å²) in [5.74, 6) is 0.735. The molecular weight excluding hydrogens is 380 g/mol. The van der Waals surface area contributed by atoms with Gasteiger partial charge in [-0.05, 0) is 62.0 Å². The number of hydrogen-bond acceptors (Lipinski definition) is 4. The Bertz CT molecular complexity index is 738. The van der Waals surface area contributed by atoms with Crippen molar-refractivity contribution >= 4 is 11.8 Å². The number of fused-ring (bicyclic) bond motifs is 1.